The molecule has 0 spiro atoms. The SMILES string of the molecule is CC(C)(C)c1noc(-c2ccccc2C(=O)N2CCN(CC3CCOC3)CC2)n1. The smallest absolute Gasteiger partial charge is 0.258 e. The Morgan fingerprint density at radius 1 is 1.17 bits per heavy atom. The number of carbonyl (C=O) groups is 1. The Balaban J connectivity index is 1.45. The first-order valence-electron chi connectivity index (χ1n) is 10.4. The average Bonchev–Trinajstić information content (AvgIpc) is 3.40. The zero-order chi connectivity index (χ0) is 20.4. The second kappa shape index (κ2) is 8.24. The van der Waals surface area contributed by atoms with Gasteiger partial charge in [0.2, 0.25) is 0 Å². The third-order valence-electron chi connectivity index (χ3n) is 5.68. The van der Waals surface area contributed by atoms with E-state index in [-0.39, 0.29) is 11.3 Å². The molecule has 2 fully saturated rings. The molecule has 0 bridgehead atoms. The van der Waals surface area contributed by atoms with Crippen molar-refractivity contribution in [1.29, 1.82) is 0 Å². The Bertz CT molecular complexity index is 844. The molecule has 0 radical (unpaired) electrons. The molecule has 1 atom stereocenters. The standard InChI is InChI=1S/C22H30N4O3/c1-22(2,3)21-23-19(29-24-21)17-6-4-5-7-18(17)20(27)26-11-9-25(10-12-26)14-16-8-13-28-15-16/h4-7,16H,8-15H2,1-3H3. The maximum absolute atomic E-state index is 13.2. The first-order valence-corrected chi connectivity index (χ1v) is 10.4. The molecule has 7 nitrogen and oxygen atoms in total. The van der Waals surface area contributed by atoms with Crippen molar-refractivity contribution in [3.05, 3.63) is 35.7 Å². The van der Waals surface area contributed by atoms with Gasteiger partial charge >= 0.3 is 0 Å². The molecule has 1 aromatic carbocycles. The highest BCUT2D eigenvalue weighted by molar-refractivity contribution is 6.00. The molecular formula is C22H30N4O3. The number of carbonyl (C=O) groups excluding carboxylic acids is 1. The highest BCUT2D eigenvalue weighted by atomic mass is 16.5. The van der Waals surface area contributed by atoms with Crippen molar-refractivity contribution in [1.82, 2.24) is 19.9 Å². The number of nitrogens with zero attached hydrogens (tertiary/aromatic N) is 4. The summed E-state index contributed by atoms with van der Waals surface area (Å²) in [6.07, 6.45) is 1.15. The third-order valence-corrected chi connectivity index (χ3v) is 5.68. The average molecular weight is 399 g/mol. The van der Waals surface area contributed by atoms with Crippen molar-refractivity contribution < 1.29 is 14.1 Å². The molecule has 1 aromatic heterocycles. The zero-order valence-corrected chi connectivity index (χ0v) is 17.6. The molecule has 156 valence electrons. The summed E-state index contributed by atoms with van der Waals surface area (Å²) in [6, 6.07) is 7.51. The minimum Gasteiger partial charge on any atom is -0.381 e. The molecule has 0 N–H and O–H groups in total. The molecule has 2 aromatic rings. The minimum atomic E-state index is -0.207. The molecule has 1 amide bonds. The first-order chi connectivity index (χ1) is 13.9. The van der Waals surface area contributed by atoms with E-state index in [1.54, 1.807) is 0 Å². The summed E-state index contributed by atoms with van der Waals surface area (Å²) in [5.41, 5.74) is 1.11. The lowest BCUT2D eigenvalue weighted by Crippen LogP contribution is -2.49. The molecule has 29 heavy (non-hydrogen) atoms. The van der Waals surface area contributed by atoms with Crippen molar-refractivity contribution >= 4 is 5.91 Å². The van der Waals surface area contributed by atoms with Crippen LogP contribution in [0.25, 0.3) is 11.5 Å². The van der Waals surface area contributed by atoms with Gasteiger partial charge in [-0.1, -0.05) is 38.1 Å². The topological polar surface area (TPSA) is 71.7 Å². The normalized spacial score (nSPS) is 20.9. The monoisotopic (exact) mass is 398 g/mol. The van der Waals surface area contributed by atoms with Gasteiger partial charge in [-0.25, -0.2) is 0 Å². The number of aromatic nitrogens is 2. The fraction of sp³-hybridized carbons (Fsp3) is 0.591. The molecule has 2 saturated heterocycles. The van der Waals surface area contributed by atoms with E-state index in [4.69, 9.17) is 9.26 Å². The fourth-order valence-electron chi connectivity index (χ4n) is 3.89. The predicted octanol–water partition coefficient (Wildman–Crippen LogP) is 2.83. The predicted molar refractivity (Wildman–Crippen MR) is 110 cm³/mol. The molecule has 2 aliphatic heterocycles. The summed E-state index contributed by atoms with van der Waals surface area (Å²) >= 11 is 0. The maximum atomic E-state index is 13.2. The maximum Gasteiger partial charge on any atom is 0.258 e. The molecule has 7 heteroatoms. The van der Waals surface area contributed by atoms with Crippen LogP contribution < -0.4 is 0 Å². The Kier molecular flexibility index (Phi) is 5.69. The summed E-state index contributed by atoms with van der Waals surface area (Å²) < 4.78 is 11.0. The van der Waals surface area contributed by atoms with Crippen molar-refractivity contribution in [2.75, 3.05) is 45.9 Å². The Morgan fingerprint density at radius 3 is 2.59 bits per heavy atom. The van der Waals surface area contributed by atoms with Crippen LogP contribution >= 0.6 is 0 Å². The minimum absolute atomic E-state index is 0.0277. The van der Waals surface area contributed by atoms with Gasteiger partial charge in [-0.3, -0.25) is 9.69 Å². The quantitative estimate of drug-likeness (QED) is 0.789. The second-order valence-electron chi connectivity index (χ2n) is 9.04. The fourth-order valence-corrected chi connectivity index (χ4v) is 3.89. The number of amides is 1. The summed E-state index contributed by atoms with van der Waals surface area (Å²) in [5, 5.41) is 4.11. The van der Waals surface area contributed by atoms with E-state index in [0.29, 0.717) is 28.8 Å². The van der Waals surface area contributed by atoms with Gasteiger partial charge in [0.25, 0.3) is 11.8 Å². The van der Waals surface area contributed by atoms with Crippen LogP contribution in [0.2, 0.25) is 0 Å². The van der Waals surface area contributed by atoms with E-state index in [1.807, 2.05) is 49.9 Å². The van der Waals surface area contributed by atoms with Crippen molar-refractivity contribution in [3.63, 3.8) is 0 Å². The number of piperazine rings is 1. The number of rotatable bonds is 4. The van der Waals surface area contributed by atoms with Crippen molar-refractivity contribution in [2.45, 2.75) is 32.6 Å². The summed E-state index contributed by atoms with van der Waals surface area (Å²) in [7, 11) is 0. The van der Waals surface area contributed by atoms with Crippen molar-refractivity contribution in [2.24, 2.45) is 5.92 Å². The van der Waals surface area contributed by atoms with Gasteiger partial charge in [-0.15, -0.1) is 0 Å². The molecule has 3 heterocycles. The van der Waals surface area contributed by atoms with Gasteiger partial charge in [0.1, 0.15) is 0 Å². The van der Waals surface area contributed by atoms with Gasteiger partial charge in [0, 0.05) is 44.7 Å². The lowest BCUT2D eigenvalue weighted by Gasteiger charge is -2.36. The lowest BCUT2D eigenvalue weighted by molar-refractivity contribution is 0.0611. The van der Waals surface area contributed by atoms with Crippen LogP contribution in [-0.4, -0.2) is 71.8 Å². The number of hydrogen-bond acceptors (Lipinski definition) is 6. The van der Waals surface area contributed by atoms with Gasteiger partial charge in [0.15, 0.2) is 5.82 Å². The Labute approximate surface area is 172 Å². The highest BCUT2D eigenvalue weighted by Gasteiger charge is 2.28. The third kappa shape index (κ3) is 4.51. The Hall–Kier alpha value is -2.25. The van der Waals surface area contributed by atoms with Crippen LogP contribution in [0.3, 0.4) is 0 Å². The van der Waals surface area contributed by atoms with Crippen molar-refractivity contribution in [3.8, 4) is 11.5 Å². The molecular weight excluding hydrogens is 368 g/mol. The van der Waals surface area contributed by atoms with E-state index in [1.165, 1.54) is 0 Å². The van der Waals surface area contributed by atoms with Crippen LogP contribution in [0.4, 0.5) is 0 Å². The second-order valence-corrected chi connectivity index (χ2v) is 9.04. The van der Waals surface area contributed by atoms with E-state index in [9.17, 15) is 4.79 Å². The number of hydrogen-bond donors (Lipinski definition) is 0. The number of benzene rings is 1. The van der Waals surface area contributed by atoms with Crippen LogP contribution in [0.1, 0.15) is 43.4 Å². The zero-order valence-electron chi connectivity index (χ0n) is 17.6. The Morgan fingerprint density at radius 2 is 1.93 bits per heavy atom. The lowest BCUT2D eigenvalue weighted by atomic mass is 9.96. The largest absolute Gasteiger partial charge is 0.381 e. The van der Waals surface area contributed by atoms with Gasteiger partial charge in [0.05, 0.1) is 17.7 Å². The van der Waals surface area contributed by atoms with Gasteiger partial charge < -0.3 is 14.2 Å². The van der Waals surface area contributed by atoms with Gasteiger partial charge in [-0.2, -0.15) is 4.98 Å². The highest BCUT2D eigenvalue weighted by Crippen LogP contribution is 2.27. The van der Waals surface area contributed by atoms with Gasteiger partial charge in [-0.05, 0) is 24.5 Å². The molecule has 2 aliphatic rings. The van der Waals surface area contributed by atoms with Crippen LogP contribution in [0.15, 0.2) is 28.8 Å². The molecule has 1 unspecified atom stereocenters. The summed E-state index contributed by atoms with van der Waals surface area (Å²) in [4.78, 5) is 22.2. The van der Waals surface area contributed by atoms with Crippen LogP contribution in [-0.2, 0) is 10.2 Å². The molecule has 0 saturated carbocycles. The van der Waals surface area contributed by atoms with E-state index >= 15 is 0 Å². The first kappa shape index (κ1) is 20.0. The number of ether oxygens (including phenoxy) is 1. The van der Waals surface area contributed by atoms with E-state index < -0.39 is 0 Å². The summed E-state index contributed by atoms with van der Waals surface area (Å²) in [5.74, 6) is 1.70. The van der Waals surface area contributed by atoms with E-state index in [2.05, 4.69) is 15.0 Å². The summed E-state index contributed by atoms with van der Waals surface area (Å²) in [6.45, 7) is 12.2. The van der Waals surface area contributed by atoms with Crippen LogP contribution in [0, 0.1) is 5.92 Å². The van der Waals surface area contributed by atoms with E-state index in [0.717, 1.165) is 52.4 Å². The van der Waals surface area contributed by atoms with Crippen LogP contribution in [0.5, 0.6) is 0 Å². The molecule has 0 aliphatic carbocycles. The molecule has 4 rings (SSSR count).